The van der Waals surface area contributed by atoms with Crippen LogP contribution in [0.1, 0.15) is 57.8 Å². The smallest absolute Gasteiger partial charge is 0.314 e. The Morgan fingerprint density at radius 2 is 1.47 bits per heavy atom. The fourth-order valence-electron chi connectivity index (χ4n) is 2.30. The van der Waals surface area contributed by atoms with Crippen LogP contribution in [0.3, 0.4) is 0 Å². The number of carboxylic acids is 1. The Bertz CT molecular complexity index is 265. The predicted octanol–water partition coefficient (Wildman–Crippen LogP) is 3.54. The first-order chi connectivity index (χ1) is 8.13. The van der Waals surface area contributed by atoms with Crippen LogP contribution in [-0.4, -0.2) is 21.7 Å². The first-order valence-electron chi connectivity index (χ1n) is 6.53. The van der Waals surface area contributed by atoms with Crippen molar-refractivity contribution >= 4 is 27.7 Å². The molecule has 0 saturated heterocycles. The van der Waals surface area contributed by atoms with Crippen LogP contribution in [0.25, 0.3) is 0 Å². The molecule has 4 heteroatoms. The number of rotatable bonds is 1. The molecule has 0 amide bonds. The van der Waals surface area contributed by atoms with E-state index in [1.807, 2.05) is 0 Å². The van der Waals surface area contributed by atoms with Gasteiger partial charge in [0.15, 0.2) is 5.78 Å². The summed E-state index contributed by atoms with van der Waals surface area (Å²) in [6, 6.07) is 0. The second-order valence-corrected chi connectivity index (χ2v) is 5.92. The van der Waals surface area contributed by atoms with Gasteiger partial charge in [0, 0.05) is 0 Å². The molecular weight excluding hydrogens is 284 g/mol. The molecule has 1 saturated carbocycles. The van der Waals surface area contributed by atoms with Crippen molar-refractivity contribution in [3.63, 3.8) is 0 Å². The van der Waals surface area contributed by atoms with Crippen LogP contribution in [0.5, 0.6) is 0 Å². The number of carbonyl (C=O) groups is 2. The van der Waals surface area contributed by atoms with Gasteiger partial charge in [0.1, 0.15) is 5.92 Å². The van der Waals surface area contributed by atoms with Crippen molar-refractivity contribution < 1.29 is 14.7 Å². The highest BCUT2D eigenvalue weighted by atomic mass is 79.9. The van der Waals surface area contributed by atoms with Crippen molar-refractivity contribution in [2.45, 2.75) is 62.6 Å². The highest BCUT2D eigenvalue weighted by Gasteiger charge is 2.30. The number of alkyl halides is 1. The molecule has 1 aliphatic rings. The lowest BCUT2D eigenvalue weighted by atomic mass is 9.92. The molecule has 0 aromatic heterocycles. The van der Waals surface area contributed by atoms with Gasteiger partial charge in [-0.3, -0.25) is 9.59 Å². The Hall–Kier alpha value is -0.380. The Kier molecular flexibility index (Phi) is 6.78. The maximum atomic E-state index is 12.0. The van der Waals surface area contributed by atoms with Crippen molar-refractivity contribution in [2.24, 2.45) is 5.92 Å². The highest BCUT2D eigenvalue weighted by molar-refractivity contribution is 9.10. The van der Waals surface area contributed by atoms with Gasteiger partial charge < -0.3 is 5.11 Å². The molecule has 1 aliphatic carbocycles. The van der Waals surface area contributed by atoms with Gasteiger partial charge in [-0.1, -0.05) is 60.9 Å². The van der Waals surface area contributed by atoms with Crippen LogP contribution in [0.15, 0.2) is 0 Å². The number of hydrogen-bond acceptors (Lipinski definition) is 2. The Labute approximate surface area is 111 Å². The molecule has 0 aromatic carbocycles. The SMILES string of the molecule is O=C(O)C1CCCCCCCCCC(Br)C1=O. The molecule has 1 N–H and O–H groups in total. The lowest BCUT2D eigenvalue weighted by molar-refractivity contribution is -0.146. The van der Waals surface area contributed by atoms with Crippen LogP contribution in [0.2, 0.25) is 0 Å². The summed E-state index contributed by atoms with van der Waals surface area (Å²) in [7, 11) is 0. The fourth-order valence-corrected chi connectivity index (χ4v) is 2.95. The van der Waals surface area contributed by atoms with Crippen molar-refractivity contribution in [1.29, 1.82) is 0 Å². The minimum Gasteiger partial charge on any atom is -0.481 e. The zero-order valence-electron chi connectivity index (χ0n) is 10.2. The zero-order chi connectivity index (χ0) is 12.7. The minimum atomic E-state index is -0.962. The lowest BCUT2D eigenvalue weighted by Crippen LogP contribution is -2.30. The van der Waals surface area contributed by atoms with E-state index in [2.05, 4.69) is 15.9 Å². The molecule has 0 heterocycles. The molecule has 0 bridgehead atoms. The minimum absolute atomic E-state index is 0.141. The summed E-state index contributed by atoms with van der Waals surface area (Å²) in [5, 5.41) is 9.09. The van der Waals surface area contributed by atoms with E-state index in [-0.39, 0.29) is 10.6 Å². The first kappa shape index (κ1) is 14.7. The van der Waals surface area contributed by atoms with Gasteiger partial charge in [0.2, 0.25) is 0 Å². The summed E-state index contributed by atoms with van der Waals surface area (Å²) in [6.07, 6.45) is 8.94. The van der Waals surface area contributed by atoms with Crippen LogP contribution >= 0.6 is 15.9 Å². The number of carbonyl (C=O) groups excluding carboxylic acids is 1. The summed E-state index contributed by atoms with van der Waals surface area (Å²) in [4.78, 5) is 22.8. The van der Waals surface area contributed by atoms with Gasteiger partial charge in [0.25, 0.3) is 0 Å². The summed E-state index contributed by atoms with van der Waals surface area (Å²) in [6.45, 7) is 0. The van der Waals surface area contributed by atoms with Gasteiger partial charge in [-0.25, -0.2) is 0 Å². The number of hydrogen-bond donors (Lipinski definition) is 1. The van der Waals surface area contributed by atoms with E-state index in [0.29, 0.717) is 6.42 Å². The Morgan fingerprint density at radius 3 is 2.00 bits per heavy atom. The van der Waals surface area contributed by atoms with Crippen molar-refractivity contribution in [3.8, 4) is 0 Å². The van der Waals surface area contributed by atoms with Crippen molar-refractivity contribution in [3.05, 3.63) is 0 Å². The average Bonchev–Trinajstić information content (AvgIpc) is 2.28. The number of ketones is 1. The zero-order valence-corrected chi connectivity index (χ0v) is 11.7. The largest absolute Gasteiger partial charge is 0.481 e. The molecule has 17 heavy (non-hydrogen) atoms. The Morgan fingerprint density at radius 1 is 1.00 bits per heavy atom. The highest BCUT2D eigenvalue weighted by Crippen LogP contribution is 2.22. The maximum absolute atomic E-state index is 12.0. The molecule has 0 spiro atoms. The number of halogens is 1. The van der Waals surface area contributed by atoms with Gasteiger partial charge in [-0.15, -0.1) is 0 Å². The third-order valence-electron chi connectivity index (χ3n) is 3.40. The van der Waals surface area contributed by atoms with E-state index in [4.69, 9.17) is 5.11 Å². The molecule has 2 atom stereocenters. The number of aliphatic carboxylic acids is 1. The summed E-state index contributed by atoms with van der Waals surface area (Å²) < 4.78 is 0. The van der Waals surface area contributed by atoms with Crippen molar-refractivity contribution in [2.75, 3.05) is 0 Å². The molecule has 0 aromatic rings. The van der Waals surface area contributed by atoms with E-state index in [9.17, 15) is 9.59 Å². The second-order valence-electron chi connectivity index (χ2n) is 4.81. The predicted molar refractivity (Wildman–Crippen MR) is 70.4 cm³/mol. The van der Waals surface area contributed by atoms with Gasteiger partial charge in [-0.2, -0.15) is 0 Å². The normalized spacial score (nSPS) is 29.1. The van der Waals surface area contributed by atoms with Gasteiger partial charge in [-0.05, 0) is 12.8 Å². The van der Waals surface area contributed by atoms with E-state index in [1.54, 1.807) is 0 Å². The Balaban J connectivity index is 2.60. The van der Waals surface area contributed by atoms with Crippen LogP contribution < -0.4 is 0 Å². The quantitative estimate of drug-likeness (QED) is 0.595. The van der Waals surface area contributed by atoms with Crippen LogP contribution in [0, 0.1) is 5.92 Å². The van der Waals surface area contributed by atoms with Crippen LogP contribution in [-0.2, 0) is 9.59 Å². The molecule has 1 fully saturated rings. The number of Topliss-reactive ketones (excluding diaryl/α,β-unsaturated/α-hetero) is 1. The number of carboxylic acid groups (broad SMARTS) is 1. The summed E-state index contributed by atoms with van der Waals surface area (Å²) in [5.41, 5.74) is 0. The van der Waals surface area contributed by atoms with E-state index in [1.165, 1.54) is 12.8 Å². The molecule has 0 radical (unpaired) electrons. The van der Waals surface area contributed by atoms with E-state index < -0.39 is 11.9 Å². The average molecular weight is 305 g/mol. The topological polar surface area (TPSA) is 54.4 Å². The van der Waals surface area contributed by atoms with Crippen LogP contribution in [0.4, 0.5) is 0 Å². The molecular formula is C13H21BrO3. The maximum Gasteiger partial charge on any atom is 0.314 e. The second kappa shape index (κ2) is 7.85. The summed E-state index contributed by atoms with van der Waals surface area (Å²) in [5.74, 6) is -1.91. The monoisotopic (exact) mass is 304 g/mol. The molecule has 3 nitrogen and oxygen atoms in total. The summed E-state index contributed by atoms with van der Waals surface area (Å²) >= 11 is 3.34. The first-order valence-corrected chi connectivity index (χ1v) is 7.45. The third kappa shape index (κ3) is 5.19. The van der Waals surface area contributed by atoms with E-state index >= 15 is 0 Å². The molecule has 98 valence electrons. The fraction of sp³-hybridized carbons (Fsp3) is 0.846. The third-order valence-corrected chi connectivity index (χ3v) is 4.31. The van der Waals surface area contributed by atoms with Crippen molar-refractivity contribution in [1.82, 2.24) is 0 Å². The van der Waals surface area contributed by atoms with Gasteiger partial charge >= 0.3 is 5.97 Å². The van der Waals surface area contributed by atoms with E-state index in [0.717, 1.165) is 38.5 Å². The van der Waals surface area contributed by atoms with Gasteiger partial charge in [0.05, 0.1) is 4.83 Å². The standard InChI is InChI=1S/C13H21BrO3/c14-11-9-7-5-3-1-2-4-6-8-10(12(11)15)13(16)17/h10-11H,1-9H2,(H,16,17). The molecule has 1 rings (SSSR count). The molecule has 0 aliphatic heterocycles. The molecule has 2 unspecified atom stereocenters. The lowest BCUT2D eigenvalue weighted by Gasteiger charge is -2.16.